The minimum Gasteiger partial charge on any atom is -0.497 e. The van der Waals surface area contributed by atoms with Crippen LogP contribution in [0.15, 0.2) is 48.5 Å². The second-order valence-electron chi connectivity index (χ2n) is 3.84. The van der Waals surface area contributed by atoms with Crippen LogP contribution in [-0.2, 0) is 0 Å². The summed E-state index contributed by atoms with van der Waals surface area (Å²) in [5, 5.41) is 3.28. The van der Waals surface area contributed by atoms with Crippen molar-refractivity contribution < 1.29 is 4.74 Å². The highest BCUT2D eigenvalue weighted by atomic mass is 16.5. The van der Waals surface area contributed by atoms with Crippen LogP contribution in [0.4, 0.5) is 5.69 Å². The Balaban J connectivity index is 2.20. The number of methoxy groups -OCH3 is 1. The lowest BCUT2D eigenvalue weighted by molar-refractivity contribution is 0.415. The molecule has 0 aromatic heterocycles. The molecular weight excluding hydrogens is 210 g/mol. The van der Waals surface area contributed by atoms with Crippen LogP contribution < -0.4 is 10.1 Å². The van der Waals surface area contributed by atoms with Gasteiger partial charge >= 0.3 is 0 Å². The molecule has 0 saturated heterocycles. The Bertz CT molecular complexity index is 459. The van der Waals surface area contributed by atoms with Gasteiger partial charge in [-0.2, -0.15) is 0 Å². The first kappa shape index (κ1) is 11.5. The third kappa shape index (κ3) is 2.78. The second-order valence-corrected chi connectivity index (χ2v) is 3.84. The first-order chi connectivity index (χ1) is 8.33. The molecule has 0 saturated carbocycles. The standard InChI is InChI=1S/C15H17NO/c1-3-16-14-8-4-12(5-9-14)13-6-10-15(17-2)11-7-13/h4-11,16H,3H2,1-2H3. The van der Waals surface area contributed by atoms with E-state index < -0.39 is 0 Å². The minimum atomic E-state index is 0.887. The molecule has 2 heteroatoms. The van der Waals surface area contributed by atoms with Crippen LogP contribution >= 0.6 is 0 Å². The Morgan fingerprint density at radius 3 is 1.88 bits per heavy atom. The van der Waals surface area contributed by atoms with Crippen molar-refractivity contribution in [1.82, 2.24) is 0 Å². The van der Waals surface area contributed by atoms with Crippen molar-refractivity contribution in [2.45, 2.75) is 6.92 Å². The third-order valence-electron chi connectivity index (χ3n) is 2.69. The Morgan fingerprint density at radius 1 is 0.882 bits per heavy atom. The van der Waals surface area contributed by atoms with Crippen LogP contribution in [0, 0.1) is 0 Å². The third-order valence-corrected chi connectivity index (χ3v) is 2.69. The zero-order valence-electron chi connectivity index (χ0n) is 10.2. The number of anilines is 1. The maximum atomic E-state index is 5.15. The molecule has 0 amide bonds. The molecule has 0 spiro atoms. The summed E-state index contributed by atoms with van der Waals surface area (Å²) in [5.41, 5.74) is 3.58. The molecular formula is C15H17NO. The van der Waals surface area contributed by atoms with Crippen molar-refractivity contribution in [3.05, 3.63) is 48.5 Å². The van der Waals surface area contributed by atoms with Crippen molar-refractivity contribution in [3.8, 4) is 16.9 Å². The number of ether oxygens (including phenoxy) is 1. The maximum Gasteiger partial charge on any atom is 0.118 e. The summed E-state index contributed by atoms with van der Waals surface area (Å²) < 4.78 is 5.15. The highest BCUT2D eigenvalue weighted by Gasteiger charge is 1.98. The summed E-state index contributed by atoms with van der Waals surface area (Å²) in [4.78, 5) is 0. The van der Waals surface area contributed by atoms with Gasteiger partial charge in [-0.25, -0.2) is 0 Å². The molecule has 0 heterocycles. The first-order valence-corrected chi connectivity index (χ1v) is 5.82. The number of nitrogens with one attached hydrogen (secondary N) is 1. The average molecular weight is 227 g/mol. The molecule has 0 radical (unpaired) electrons. The minimum absolute atomic E-state index is 0.887. The van der Waals surface area contributed by atoms with E-state index in [1.54, 1.807) is 7.11 Å². The molecule has 0 aliphatic heterocycles. The van der Waals surface area contributed by atoms with E-state index in [1.807, 2.05) is 12.1 Å². The van der Waals surface area contributed by atoms with Crippen molar-refractivity contribution in [2.24, 2.45) is 0 Å². The van der Waals surface area contributed by atoms with Crippen LogP contribution in [0.2, 0.25) is 0 Å². The van der Waals surface area contributed by atoms with E-state index in [0.29, 0.717) is 0 Å². The largest absolute Gasteiger partial charge is 0.497 e. The molecule has 0 atom stereocenters. The van der Waals surface area contributed by atoms with E-state index in [4.69, 9.17) is 4.74 Å². The fourth-order valence-corrected chi connectivity index (χ4v) is 1.77. The van der Waals surface area contributed by atoms with Gasteiger partial charge in [0, 0.05) is 12.2 Å². The van der Waals surface area contributed by atoms with E-state index >= 15 is 0 Å². The molecule has 1 N–H and O–H groups in total. The summed E-state index contributed by atoms with van der Waals surface area (Å²) in [6, 6.07) is 16.6. The summed E-state index contributed by atoms with van der Waals surface area (Å²) in [7, 11) is 1.68. The Kier molecular flexibility index (Phi) is 3.66. The normalized spacial score (nSPS) is 10.0. The molecule has 17 heavy (non-hydrogen) atoms. The first-order valence-electron chi connectivity index (χ1n) is 5.82. The number of benzene rings is 2. The Labute approximate surface area is 102 Å². The lowest BCUT2D eigenvalue weighted by Crippen LogP contribution is -1.95. The molecule has 0 unspecified atom stereocenters. The van der Waals surface area contributed by atoms with E-state index in [9.17, 15) is 0 Å². The molecule has 2 nitrogen and oxygen atoms in total. The fraction of sp³-hybridized carbons (Fsp3) is 0.200. The van der Waals surface area contributed by atoms with Crippen LogP contribution in [0.3, 0.4) is 0 Å². The lowest BCUT2D eigenvalue weighted by atomic mass is 10.1. The zero-order chi connectivity index (χ0) is 12.1. The highest BCUT2D eigenvalue weighted by Crippen LogP contribution is 2.23. The second kappa shape index (κ2) is 5.39. The summed E-state index contributed by atoms with van der Waals surface area (Å²) >= 11 is 0. The maximum absolute atomic E-state index is 5.15. The fourth-order valence-electron chi connectivity index (χ4n) is 1.77. The molecule has 0 aliphatic rings. The predicted octanol–water partition coefficient (Wildman–Crippen LogP) is 3.79. The summed E-state index contributed by atoms with van der Waals surface area (Å²) in [6.45, 7) is 3.04. The molecule has 88 valence electrons. The van der Waals surface area contributed by atoms with Crippen molar-refractivity contribution in [3.63, 3.8) is 0 Å². The molecule has 2 aromatic rings. The van der Waals surface area contributed by atoms with E-state index in [0.717, 1.165) is 18.0 Å². The van der Waals surface area contributed by atoms with Crippen LogP contribution in [0.25, 0.3) is 11.1 Å². The van der Waals surface area contributed by atoms with Gasteiger partial charge in [-0.05, 0) is 42.3 Å². The van der Waals surface area contributed by atoms with Gasteiger partial charge in [0.1, 0.15) is 5.75 Å². The van der Waals surface area contributed by atoms with Crippen molar-refractivity contribution >= 4 is 5.69 Å². The molecule has 0 bridgehead atoms. The van der Waals surface area contributed by atoms with Crippen molar-refractivity contribution in [2.75, 3.05) is 19.0 Å². The van der Waals surface area contributed by atoms with Gasteiger partial charge in [0.05, 0.1) is 7.11 Å². The topological polar surface area (TPSA) is 21.3 Å². The zero-order valence-corrected chi connectivity index (χ0v) is 10.2. The van der Waals surface area contributed by atoms with Crippen LogP contribution in [-0.4, -0.2) is 13.7 Å². The Morgan fingerprint density at radius 2 is 1.41 bits per heavy atom. The van der Waals surface area contributed by atoms with Gasteiger partial charge in [-0.3, -0.25) is 0 Å². The number of hydrogen-bond donors (Lipinski definition) is 1. The van der Waals surface area contributed by atoms with E-state index in [-0.39, 0.29) is 0 Å². The number of rotatable bonds is 4. The van der Waals surface area contributed by atoms with Gasteiger partial charge in [0.25, 0.3) is 0 Å². The lowest BCUT2D eigenvalue weighted by Gasteiger charge is -2.06. The molecule has 2 aromatic carbocycles. The molecule has 2 rings (SSSR count). The Hall–Kier alpha value is -1.96. The smallest absolute Gasteiger partial charge is 0.118 e. The monoisotopic (exact) mass is 227 g/mol. The quantitative estimate of drug-likeness (QED) is 0.858. The van der Waals surface area contributed by atoms with Gasteiger partial charge in [-0.15, -0.1) is 0 Å². The molecule has 0 fully saturated rings. The highest BCUT2D eigenvalue weighted by molar-refractivity contribution is 5.66. The summed E-state index contributed by atoms with van der Waals surface area (Å²) in [5.74, 6) is 0.887. The van der Waals surface area contributed by atoms with E-state index in [1.165, 1.54) is 11.1 Å². The van der Waals surface area contributed by atoms with Gasteiger partial charge in [-0.1, -0.05) is 24.3 Å². The summed E-state index contributed by atoms with van der Waals surface area (Å²) in [6.07, 6.45) is 0. The average Bonchev–Trinajstić information content (AvgIpc) is 2.40. The van der Waals surface area contributed by atoms with Gasteiger partial charge in [0.15, 0.2) is 0 Å². The molecule has 0 aliphatic carbocycles. The van der Waals surface area contributed by atoms with Crippen LogP contribution in [0.5, 0.6) is 5.75 Å². The number of hydrogen-bond acceptors (Lipinski definition) is 2. The van der Waals surface area contributed by atoms with Crippen molar-refractivity contribution in [1.29, 1.82) is 0 Å². The SMILES string of the molecule is CCNc1ccc(-c2ccc(OC)cc2)cc1. The van der Waals surface area contributed by atoms with Gasteiger partial charge in [0.2, 0.25) is 0 Å². The van der Waals surface area contributed by atoms with Crippen LogP contribution in [0.1, 0.15) is 6.92 Å². The van der Waals surface area contributed by atoms with Gasteiger partial charge < -0.3 is 10.1 Å². The van der Waals surface area contributed by atoms with E-state index in [2.05, 4.69) is 48.6 Å². The predicted molar refractivity (Wildman–Crippen MR) is 72.6 cm³/mol.